The van der Waals surface area contributed by atoms with E-state index in [9.17, 15) is 0 Å². The molecule has 5 rings (SSSR count). The summed E-state index contributed by atoms with van der Waals surface area (Å²) in [6.07, 6.45) is 5.78. The van der Waals surface area contributed by atoms with Crippen LogP contribution in [-0.2, 0) is 4.74 Å². The molecular weight excluding hydrogens is 394 g/mol. The van der Waals surface area contributed by atoms with Crippen molar-refractivity contribution in [2.24, 2.45) is 0 Å². The van der Waals surface area contributed by atoms with Gasteiger partial charge in [-0.2, -0.15) is 0 Å². The Hall–Kier alpha value is -1.67. The zero-order valence-electron chi connectivity index (χ0n) is 15.8. The zero-order valence-corrected chi connectivity index (χ0v) is 17.3. The Balaban J connectivity index is 1.36. The summed E-state index contributed by atoms with van der Waals surface area (Å²) < 4.78 is 7.42. The van der Waals surface area contributed by atoms with Gasteiger partial charge in [-0.1, -0.05) is 35.1 Å². The van der Waals surface area contributed by atoms with Crippen molar-refractivity contribution < 1.29 is 4.74 Å². The third kappa shape index (κ3) is 3.76. The molecule has 28 heavy (non-hydrogen) atoms. The van der Waals surface area contributed by atoms with E-state index in [1.807, 2.05) is 35.0 Å². The summed E-state index contributed by atoms with van der Waals surface area (Å²) in [4.78, 5) is 10.8. The first kappa shape index (κ1) is 18.4. The molecule has 0 radical (unpaired) electrons. The molecule has 0 amide bonds. The van der Waals surface area contributed by atoms with Gasteiger partial charge in [-0.05, 0) is 31.4 Å². The third-order valence-electron chi connectivity index (χ3n) is 5.62. The Morgan fingerprint density at radius 1 is 1.11 bits per heavy atom. The molecule has 0 bridgehead atoms. The van der Waals surface area contributed by atoms with Crippen LogP contribution in [0.4, 0.5) is 5.13 Å². The van der Waals surface area contributed by atoms with Crippen LogP contribution in [0.3, 0.4) is 0 Å². The van der Waals surface area contributed by atoms with Gasteiger partial charge >= 0.3 is 0 Å². The average molecular weight is 418 g/mol. The maximum Gasteiger partial charge on any atom is 0.214 e. The highest BCUT2D eigenvalue weighted by atomic mass is 35.5. The second kappa shape index (κ2) is 7.99. The standard InChI is InChI=1S/C20H24ClN5OS/c21-16-6-4-15(5-7-16)18-14-26-19(22-18)28-20(23-26)25-8-2-1-3-17(25)13-24-9-11-27-12-10-24/h4-7,14,17H,1-3,8-13H2. The van der Waals surface area contributed by atoms with Gasteiger partial charge in [0.2, 0.25) is 10.1 Å². The topological polar surface area (TPSA) is 45.9 Å². The number of halogens is 1. The van der Waals surface area contributed by atoms with Crippen LogP contribution >= 0.6 is 22.9 Å². The highest BCUT2D eigenvalue weighted by Gasteiger charge is 2.28. The summed E-state index contributed by atoms with van der Waals surface area (Å²) >= 11 is 7.68. The molecule has 1 aromatic carbocycles. The molecule has 0 aliphatic carbocycles. The number of anilines is 1. The molecule has 2 saturated heterocycles. The Labute approximate surface area is 173 Å². The molecule has 3 aromatic rings. The van der Waals surface area contributed by atoms with Crippen molar-refractivity contribution in [2.75, 3.05) is 44.3 Å². The lowest BCUT2D eigenvalue weighted by molar-refractivity contribution is 0.0338. The van der Waals surface area contributed by atoms with Crippen molar-refractivity contribution >= 4 is 33.0 Å². The monoisotopic (exact) mass is 417 g/mol. The van der Waals surface area contributed by atoms with Gasteiger partial charge in [0, 0.05) is 42.8 Å². The van der Waals surface area contributed by atoms with Gasteiger partial charge in [-0.3, -0.25) is 4.90 Å². The Morgan fingerprint density at radius 3 is 2.71 bits per heavy atom. The highest BCUT2D eigenvalue weighted by Crippen LogP contribution is 2.31. The Kier molecular flexibility index (Phi) is 5.24. The van der Waals surface area contributed by atoms with Crippen LogP contribution < -0.4 is 4.90 Å². The Bertz CT molecular complexity index is 902. The van der Waals surface area contributed by atoms with Crippen LogP contribution in [-0.4, -0.2) is 64.9 Å². The van der Waals surface area contributed by atoms with Crippen molar-refractivity contribution in [3.63, 3.8) is 0 Å². The van der Waals surface area contributed by atoms with Gasteiger partial charge in [0.05, 0.1) is 25.1 Å². The number of fused-ring (bicyclic) bond motifs is 1. The van der Waals surface area contributed by atoms with Crippen molar-refractivity contribution in [1.29, 1.82) is 0 Å². The SMILES string of the molecule is Clc1ccc(-c2cn3nc(N4CCCCC4CN4CCOCC4)sc3n2)cc1. The van der Waals surface area contributed by atoms with Crippen molar-refractivity contribution in [2.45, 2.75) is 25.3 Å². The quantitative estimate of drug-likeness (QED) is 0.646. The van der Waals surface area contributed by atoms with Gasteiger partial charge < -0.3 is 9.64 Å². The minimum absolute atomic E-state index is 0.526. The molecular formula is C20H24ClN5OS. The van der Waals surface area contributed by atoms with E-state index < -0.39 is 0 Å². The molecule has 0 spiro atoms. The molecule has 6 nitrogen and oxygen atoms in total. The van der Waals surface area contributed by atoms with E-state index in [2.05, 4.69) is 9.80 Å². The number of rotatable bonds is 4. The average Bonchev–Trinajstić information content (AvgIpc) is 3.29. The minimum atomic E-state index is 0.526. The molecule has 2 aliphatic heterocycles. The van der Waals surface area contributed by atoms with Crippen LogP contribution in [0.15, 0.2) is 30.5 Å². The first-order chi connectivity index (χ1) is 13.8. The van der Waals surface area contributed by atoms with Gasteiger partial charge in [-0.15, -0.1) is 5.10 Å². The van der Waals surface area contributed by atoms with E-state index in [-0.39, 0.29) is 0 Å². The molecule has 1 unspecified atom stereocenters. The molecule has 2 aliphatic rings. The molecule has 1 atom stereocenters. The predicted molar refractivity (Wildman–Crippen MR) is 114 cm³/mol. The van der Waals surface area contributed by atoms with E-state index in [1.165, 1.54) is 19.3 Å². The van der Waals surface area contributed by atoms with E-state index in [4.69, 9.17) is 26.4 Å². The first-order valence-corrected chi connectivity index (χ1v) is 11.1. The predicted octanol–water partition coefficient (Wildman–Crippen LogP) is 3.80. The first-order valence-electron chi connectivity index (χ1n) is 9.95. The number of benzene rings is 1. The molecule has 2 aromatic heterocycles. The van der Waals surface area contributed by atoms with Crippen molar-refractivity contribution in [1.82, 2.24) is 19.5 Å². The number of hydrogen-bond donors (Lipinski definition) is 0. The zero-order chi connectivity index (χ0) is 18.9. The van der Waals surface area contributed by atoms with Crippen LogP contribution in [0.2, 0.25) is 5.02 Å². The summed E-state index contributed by atoms with van der Waals surface area (Å²) in [5.74, 6) is 0. The number of ether oxygens (including phenoxy) is 1. The highest BCUT2D eigenvalue weighted by molar-refractivity contribution is 7.20. The second-order valence-electron chi connectivity index (χ2n) is 7.50. The van der Waals surface area contributed by atoms with Crippen molar-refractivity contribution in [3.05, 3.63) is 35.5 Å². The summed E-state index contributed by atoms with van der Waals surface area (Å²) in [6, 6.07) is 8.32. The van der Waals surface area contributed by atoms with Gasteiger partial charge in [0.25, 0.3) is 0 Å². The molecule has 4 heterocycles. The fourth-order valence-electron chi connectivity index (χ4n) is 4.09. The third-order valence-corrected chi connectivity index (χ3v) is 6.83. The molecule has 0 saturated carbocycles. The molecule has 148 valence electrons. The number of imidazole rings is 1. The van der Waals surface area contributed by atoms with Crippen LogP contribution in [0.5, 0.6) is 0 Å². The number of piperidine rings is 1. The van der Waals surface area contributed by atoms with E-state index in [0.717, 1.165) is 65.8 Å². The van der Waals surface area contributed by atoms with Crippen LogP contribution in [0.25, 0.3) is 16.2 Å². The lowest BCUT2D eigenvalue weighted by Crippen LogP contribution is -2.49. The fourth-order valence-corrected chi connectivity index (χ4v) is 5.20. The smallest absolute Gasteiger partial charge is 0.214 e. The van der Waals surface area contributed by atoms with Crippen LogP contribution in [0, 0.1) is 0 Å². The normalized spacial score (nSPS) is 21.5. The lowest BCUT2D eigenvalue weighted by atomic mass is 10.0. The summed E-state index contributed by atoms with van der Waals surface area (Å²) in [6.45, 7) is 5.96. The number of aromatic nitrogens is 3. The Morgan fingerprint density at radius 2 is 1.93 bits per heavy atom. The maximum atomic E-state index is 6.00. The van der Waals surface area contributed by atoms with Gasteiger partial charge in [0.1, 0.15) is 0 Å². The van der Waals surface area contributed by atoms with Gasteiger partial charge in [-0.25, -0.2) is 9.50 Å². The minimum Gasteiger partial charge on any atom is -0.379 e. The van der Waals surface area contributed by atoms with E-state index >= 15 is 0 Å². The van der Waals surface area contributed by atoms with Crippen molar-refractivity contribution in [3.8, 4) is 11.3 Å². The van der Waals surface area contributed by atoms with Crippen LogP contribution in [0.1, 0.15) is 19.3 Å². The van der Waals surface area contributed by atoms with E-state index in [1.54, 1.807) is 11.3 Å². The van der Waals surface area contributed by atoms with Gasteiger partial charge in [0.15, 0.2) is 0 Å². The number of morpholine rings is 1. The largest absolute Gasteiger partial charge is 0.379 e. The second-order valence-corrected chi connectivity index (χ2v) is 8.87. The summed E-state index contributed by atoms with van der Waals surface area (Å²) in [7, 11) is 0. The molecule has 8 heteroatoms. The number of nitrogens with zero attached hydrogens (tertiary/aromatic N) is 5. The lowest BCUT2D eigenvalue weighted by Gasteiger charge is -2.39. The molecule has 2 fully saturated rings. The van der Waals surface area contributed by atoms with E-state index in [0.29, 0.717) is 6.04 Å². The summed E-state index contributed by atoms with van der Waals surface area (Å²) in [5.41, 5.74) is 2.00. The molecule has 0 N–H and O–H groups in total. The summed E-state index contributed by atoms with van der Waals surface area (Å²) in [5, 5.41) is 6.70. The maximum absolute atomic E-state index is 6.00. The fraction of sp³-hybridized carbons (Fsp3) is 0.500. The number of hydrogen-bond acceptors (Lipinski definition) is 6.